The average Bonchev–Trinajstić information content (AvgIpc) is 2.84. The van der Waals surface area contributed by atoms with E-state index in [9.17, 15) is 18.0 Å². The predicted molar refractivity (Wildman–Crippen MR) is 67.6 cm³/mol. The average molecular weight is 293 g/mol. The minimum absolute atomic E-state index is 0.116. The van der Waals surface area contributed by atoms with Crippen LogP contribution in [0.1, 0.15) is 19.3 Å². The number of carbonyl (C=O) groups excluding carboxylic acids is 1. The van der Waals surface area contributed by atoms with E-state index in [0.717, 1.165) is 8.61 Å². The number of hydrogen-bond acceptors (Lipinski definition) is 4. The zero-order chi connectivity index (χ0) is 14.6. The number of nitrogens with one attached hydrogen (secondary N) is 1. The molecule has 1 unspecified atom stereocenters. The molecule has 1 aliphatic heterocycles. The van der Waals surface area contributed by atoms with E-state index in [0.29, 0.717) is 12.8 Å². The van der Waals surface area contributed by atoms with Gasteiger partial charge in [0.2, 0.25) is 5.91 Å². The molecular formula is C10H19N3O5S. The first kappa shape index (κ1) is 15.9. The minimum atomic E-state index is -3.80. The highest BCUT2D eigenvalue weighted by Gasteiger charge is 2.40. The largest absolute Gasteiger partial charge is 0.481 e. The Morgan fingerprint density at radius 1 is 1.47 bits per heavy atom. The van der Waals surface area contributed by atoms with E-state index < -0.39 is 22.2 Å². The van der Waals surface area contributed by atoms with E-state index in [1.807, 2.05) is 0 Å². The number of rotatable bonds is 6. The van der Waals surface area contributed by atoms with Crippen molar-refractivity contribution in [3.63, 3.8) is 0 Å². The number of nitrogens with zero attached hydrogens (tertiary/aromatic N) is 2. The highest BCUT2D eigenvalue weighted by molar-refractivity contribution is 7.86. The maximum atomic E-state index is 12.3. The van der Waals surface area contributed by atoms with Gasteiger partial charge in [-0.05, 0) is 12.8 Å². The quantitative estimate of drug-likeness (QED) is 0.643. The molecule has 1 aliphatic rings. The van der Waals surface area contributed by atoms with Crippen LogP contribution in [0.5, 0.6) is 0 Å². The molecule has 0 radical (unpaired) electrons. The first-order valence-electron chi connectivity index (χ1n) is 5.97. The molecule has 1 fully saturated rings. The zero-order valence-corrected chi connectivity index (χ0v) is 11.8. The van der Waals surface area contributed by atoms with Crippen LogP contribution < -0.4 is 5.32 Å². The standard InChI is InChI=1S/C10H19N3O5S/c1-11-10(16)8-4-3-6-13(8)19(17,18)12(2)7-5-9(14)15/h8H,3-7H2,1-2H3,(H,11,16)(H,14,15). The van der Waals surface area contributed by atoms with Crippen molar-refractivity contribution in [2.75, 3.05) is 27.2 Å². The highest BCUT2D eigenvalue weighted by atomic mass is 32.2. The first-order valence-corrected chi connectivity index (χ1v) is 7.37. The number of amides is 1. The normalized spacial score (nSPS) is 20.7. The van der Waals surface area contributed by atoms with Crippen molar-refractivity contribution >= 4 is 22.1 Å². The van der Waals surface area contributed by atoms with Crippen molar-refractivity contribution < 1.29 is 23.1 Å². The van der Waals surface area contributed by atoms with Crippen LogP contribution >= 0.6 is 0 Å². The third kappa shape index (κ3) is 3.64. The van der Waals surface area contributed by atoms with Crippen molar-refractivity contribution in [1.82, 2.24) is 13.9 Å². The molecule has 0 aliphatic carbocycles. The second-order valence-corrected chi connectivity index (χ2v) is 6.34. The molecular weight excluding hydrogens is 274 g/mol. The lowest BCUT2D eigenvalue weighted by atomic mass is 10.2. The van der Waals surface area contributed by atoms with Gasteiger partial charge in [-0.15, -0.1) is 0 Å². The van der Waals surface area contributed by atoms with Gasteiger partial charge in [-0.25, -0.2) is 0 Å². The Labute approximate surface area is 112 Å². The van der Waals surface area contributed by atoms with Gasteiger partial charge in [0.05, 0.1) is 6.42 Å². The topological polar surface area (TPSA) is 107 Å². The molecule has 0 saturated carbocycles. The SMILES string of the molecule is CNC(=O)C1CCCN1S(=O)(=O)N(C)CCC(=O)O. The summed E-state index contributed by atoms with van der Waals surface area (Å²) in [5, 5.41) is 11.0. The Kier molecular flexibility index (Phi) is 5.27. The molecule has 1 atom stereocenters. The zero-order valence-electron chi connectivity index (χ0n) is 11.0. The number of carboxylic acid groups (broad SMARTS) is 1. The fourth-order valence-corrected chi connectivity index (χ4v) is 3.56. The highest BCUT2D eigenvalue weighted by Crippen LogP contribution is 2.22. The number of carboxylic acids is 1. The number of hydrogen-bond donors (Lipinski definition) is 2. The molecule has 110 valence electrons. The van der Waals surface area contributed by atoms with E-state index in [1.165, 1.54) is 14.1 Å². The summed E-state index contributed by atoms with van der Waals surface area (Å²) in [6.45, 7) is 0.159. The van der Waals surface area contributed by atoms with Gasteiger partial charge in [-0.2, -0.15) is 17.0 Å². The molecule has 0 aromatic heterocycles. The molecule has 9 heteroatoms. The Hall–Kier alpha value is -1.19. The molecule has 8 nitrogen and oxygen atoms in total. The van der Waals surface area contributed by atoms with E-state index in [4.69, 9.17) is 5.11 Å². The Bertz CT molecular complexity index is 450. The number of aliphatic carboxylic acids is 1. The summed E-state index contributed by atoms with van der Waals surface area (Å²) in [4.78, 5) is 22.1. The van der Waals surface area contributed by atoms with Gasteiger partial charge in [0, 0.05) is 27.2 Å². The van der Waals surface area contributed by atoms with Gasteiger partial charge in [0.15, 0.2) is 0 Å². The van der Waals surface area contributed by atoms with Crippen LogP contribution in [0.4, 0.5) is 0 Å². The smallest absolute Gasteiger partial charge is 0.304 e. The first-order chi connectivity index (χ1) is 8.80. The molecule has 1 heterocycles. The second-order valence-electron chi connectivity index (χ2n) is 4.36. The fourth-order valence-electron chi connectivity index (χ4n) is 1.99. The predicted octanol–water partition coefficient (Wildman–Crippen LogP) is -1.15. The van der Waals surface area contributed by atoms with Crippen molar-refractivity contribution in [3.05, 3.63) is 0 Å². The molecule has 0 bridgehead atoms. The summed E-state index contributed by atoms with van der Waals surface area (Å²) in [5.41, 5.74) is 0. The van der Waals surface area contributed by atoms with E-state index in [2.05, 4.69) is 5.32 Å². The second kappa shape index (κ2) is 6.31. The van der Waals surface area contributed by atoms with Crippen LogP contribution in [0.15, 0.2) is 0 Å². The van der Waals surface area contributed by atoms with Crippen LogP contribution in [0.25, 0.3) is 0 Å². The Morgan fingerprint density at radius 2 is 2.11 bits per heavy atom. The summed E-state index contributed by atoms with van der Waals surface area (Å²) >= 11 is 0. The van der Waals surface area contributed by atoms with Crippen LogP contribution in [-0.2, 0) is 19.8 Å². The molecule has 1 amide bonds. The van der Waals surface area contributed by atoms with Crippen molar-refractivity contribution in [2.45, 2.75) is 25.3 Å². The summed E-state index contributed by atoms with van der Waals surface area (Å²) in [6, 6.07) is -0.706. The molecule has 1 saturated heterocycles. The third-order valence-corrected chi connectivity index (χ3v) is 5.08. The van der Waals surface area contributed by atoms with Crippen LogP contribution in [-0.4, -0.2) is 67.2 Å². The van der Waals surface area contributed by atoms with Gasteiger partial charge in [0.25, 0.3) is 10.2 Å². The van der Waals surface area contributed by atoms with Gasteiger partial charge < -0.3 is 10.4 Å². The summed E-state index contributed by atoms with van der Waals surface area (Å²) < 4.78 is 26.6. The Balaban J connectivity index is 2.80. The van der Waals surface area contributed by atoms with Crippen LogP contribution in [0.3, 0.4) is 0 Å². The molecule has 0 aromatic carbocycles. The van der Waals surface area contributed by atoms with Crippen molar-refractivity contribution in [1.29, 1.82) is 0 Å². The lowest BCUT2D eigenvalue weighted by Crippen LogP contribution is -2.49. The lowest BCUT2D eigenvalue weighted by Gasteiger charge is -2.27. The van der Waals surface area contributed by atoms with Gasteiger partial charge >= 0.3 is 5.97 Å². The van der Waals surface area contributed by atoms with Gasteiger partial charge in [0.1, 0.15) is 6.04 Å². The third-order valence-electron chi connectivity index (χ3n) is 3.08. The fraction of sp³-hybridized carbons (Fsp3) is 0.800. The van der Waals surface area contributed by atoms with E-state index in [-0.39, 0.29) is 25.4 Å². The summed E-state index contributed by atoms with van der Waals surface area (Å²) in [5.74, 6) is -1.40. The summed E-state index contributed by atoms with van der Waals surface area (Å²) in [7, 11) is -1.02. The van der Waals surface area contributed by atoms with Gasteiger partial charge in [-0.1, -0.05) is 0 Å². The van der Waals surface area contributed by atoms with E-state index in [1.54, 1.807) is 0 Å². The molecule has 19 heavy (non-hydrogen) atoms. The maximum absolute atomic E-state index is 12.3. The lowest BCUT2D eigenvalue weighted by molar-refractivity contribution is -0.137. The van der Waals surface area contributed by atoms with Crippen LogP contribution in [0.2, 0.25) is 0 Å². The number of likely N-dealkylation sites (N-methyl/N-ethyl adjacent to an activating group) is 1. The number of carbonyl (C=O) groups is 2. The van der Waals surface area contributed by atoms with Gasteiger partial charge in [-0.3, -0.25) is 9.59 Å². The molecule has 1 rings (SSSR count). The molecule has 0 aromatic rings. The van der Waals surface area contributed by atoms with Crippen molar-refractivity contribution in [3.8, 4) is 0 Å². The summed E-state index contributed by atoms with van der Waals surface area (Å²) in [6.07, 6.45) is 0.823. The monoisotopic (exact) mass is 293 g/mol. The van der Waals surface area contributed by atoms with Crippen molar-refractivity contribution in [2.24, 2.45) is 0 Å². The Morgan fingerprint density at radius 3 is 2.63 bits per heavy atom. The minimum Gasteiger partial charge on any atom is -0.481 e. The van der Waals surface area contributed by atoms with Crippen LogP contribution in [0, 0.1) is 0 Å². The maximum Gasteiger partial charge on any atom is 0.304 e. The molecule has 2 N–H and O–H groups in total. The van der Waals surface area contributed by atoms with E-state index >= 15 is 0 Å². The molecule has 0 spiro atoms.